The van der Waals surface area contributed by atoms with Gasteiger partial charge >= 0.3 is 17.9 Å². The van der Waals surface area contributed by atoms with E-state index in [4.69, 9.17) is 4.74 Å². The van der Waals surface area contributed by atoms with Crippen molar-refractivity contribution in [3.63, 3.8) is 0 Å². The molecule has 0 aliphatic carbocycles. The first-order valence-corrected chi connectivity index (χ1v) is 9.05. The van der Waals surface area contributed by atoms with Gasteiger partial charge in [0, 0.05) is 24.1 Å². The van der Waals surface area contributed by atoms with Crippen molar-refractivity contribution in [3.8, 4) is 0 Å². The van der Waals surface area contributed by atoms with E-state index in [-0.39, 0.29) is 17.0 Å². The topological polar surface area (TPSA) is 116 Å². The van der Waals surface area contributed by atoms with E-state index in [1.165, 1.54) is 50.2 Å². The van der Waals surface area contributed by atoms with Gasteiger partial charge in [-0.3, -0.25) is 19.2 Å². The lowest BCUT2D eigenvalue weighted by atomic mass is 9.87. The SMILES string of the molecule is COC(=O)C(C(=O)OC(=O)c1ccccc1)[C@@H](C)C(=O)c1ccc(NC(C)=O)cc1. The molecule has 0 heterocycles. The Kier molecular flexibility index (Phi) is 7.57. The van der Waals surface area contributed by atoms with Gasteiger partial charge in [0.1, 0.15) is 0 Å². The van der Waals surface area contributed by atoms with E-state index in [9.17, 15) is 24.0 Å². The number of Topliss-reactive ketones (excluding diaryl/α,β-unsaturated/α-hetero) is 1. The van der Waals surface area contributed by atoms with E-state index < -0.39 is 35.5 Å². The smallest absolute Gasteiger partial charge is 0.345 e. The van der Waals surface area contributed by atoms with Crippen molar-refractivity contribution < 1.29 is 33.4 Å². The quantitative estimate of drug-likeness (QED) is 0.423. The van der Waals surface area contributed by atoms with Gasteiger partial charge in [0.15, 0.2) is 11.7 Å². The lowest BCUT2D eigenvalue weighted by Crippen LogP contribution is -2.37. The molecule has 0 radical (unpaired) electrons. The van der Waals surface area contributed by atoms with Gasteiger partial charge in [0.25, 0.3) is 0 Å². The Hall–Kier alpha value is -3.81. The highest BCUT2D eigenvalue weighted by Gasteiger charge is 2.40. The number of ketones is 1. The van der Waals surface area contributed by atoms with Gasteiger partial charge in [0.05, 0.1) is 12.7 Å². The number of methoxy groups -OCH3 is 1. The minimum absolute atomic E-state index is 0.127. The van der Waals surface area contributed by atoms with Crippen LogP contribution in [0, 0.1) is 11.8 Å². The first kappa shape index (κ1) is 22.5. The van der Waals surface area contributed by atoms with Gasteiger partial charge in [-0.05, 0) is 36.4 Å². The van der Waals surface area contributed by atoms with Crippen LogP contribution in [0.5, 0.6) is 0 Å². The number of hydrogen-bond donors (Lipinski definition) is 1. The highest BCUT2D eigenvalue weighted by Crippen LogP contribution is 2.22. The number of carbonyl (C=O) groups is 5. The molecule has 156 valence electrons. The number of hydrogen-bond acceptors (Lipinski definition) is 7. The van der Waals surface area contributed by atoms with Crippen LogP contribution in [0.2, 0.25) is 0 Å². The Bertz CT molecular complexity index is 951. The summed E-state index contributed by atoms with van der Waals surface area (Å²) in [6.07, 6.45) is 0. The molecule has 1 N–H and O–H groups in total. The van der Waals surface area contributed by atoms with E-state index in [1.54, 1.807) is 18.2 Å². The number of nitrogens with one attached hydrogen (secondary N) is 1. The molecule has 0 aliphatic rings. The van der Waals surface area contributed by atoms with Crippen LogP contribution in [0.3, 0.4) is 0 Å². The van der Waals surface area contributed by atoms with E-state index in [0.29, 0.717) is 5.69 Å². The zero-order valence-electron chi connectivity index (χ0n) is 16.7. The van der Waals surface area contributed by atoms with Gasteiger partial charge in [0.2, 0.25) is 5.91 Å². The molecule has 8 nitrogen and oxygen atoms in total. The Morgan fingerprint density at radius 1 is 0.833 bits per heavy atom. The van der Waals surface area contributed by atoms with E-state index in [0.717, 1.165) is 7.11 Å². The molecule has 0 bridgehead atoms. The van der Waals surface area contributed by atoms with E-state index in [1.807, 2.05) is 0 Å². The van der Waals surface area contributed by atoms with Gasteiger partial charge in [-0.15, -0.1) is 0 Å². The predicted molar refractivity (Wildman–Crippen MR) is 107 cm³/mol. The molecule has 0 aliphatic heterocycles. The van der Waals surface area contributed by atoms with Gasteiger partial charge < -0.3 is 14.8 Å². The fraction of sp³-hybridized carbons (Fsp3) is 0.227. The maximum Gasteiger partial charge on any atom is 0.345 e. The predicted octanol–water partition coefficient (Wildman–Crippen LogP) is 2.64. The molecular formula is C22H21NO7. The minimum atomic E-state index is -1.62. The summed E-state index contributed by atoms with van der Waals surface area (Å²) in [5.74, 6) is -6.66. The van der Waals surface area contributed by atoms with E-state index in [2.05, 4.69) is 10.1 Å². The summed E-state index contributed by atoms with van der Waals surface area (Å²) < 4.78 is 9.45. The van der Waals surface area contributed by atoms with Crippen molar-refractivity contribution in [1.29, 1.82) is 0 Å². The molecule has 0 fully saturated rings. The van der Waals surface area contributed by atoms with Crippen LogP contribution in [0.15, 0.2) is 54.6 Å². The number of anilines is 1. The third kappa shape index (κ3) is 5.60. The molecule has 1 amide bonds. The highest BCUT2D eigenvalue weighted by atomic mass is 16.6. The summed E-state index contributed by atoms with van der Waals surface area (Å²) >= 11 is 0. The molecule has 2 rings (SSSR count). The minimum Gasteiger partial charge on any atom is -0.468 e. The summed E-state index contributed by atoms with van der Waals surface area (Å²) in [6, 6.07) is 13.7. The fourth-order valence-electron chi connectivity index (χ4n) is 2.75. The molecule has 0 saturated carbocycles. The first-order valence-electron chi connectivity index (χ1n) is 9.05. The molecule has 30 heavy (non-hydrogen) atoms. The summed E-state index contributed by atoms with van der Waals surface area (Å²) in [5.41, 5.74) is 0.832. The molecular weight excluding hydrogens is 390 g/mol. The van der Waals surface area contributed by atoms with Crippen molar-refractivity contribution in [2.45, 2.75) is 13.8 Å². The average Bonchev–Trinajstić information content (AvgIpc) is 2.73. The van der Waals surface area contributed by atoms with Crippen molar-refractivity contribution in [2.75, 3.05) is 12.4 Å². The number of esters is 3. The van der Waals surface area contributed by atoms with Crippen molar-refractivity contribution in [1.82, 2.24) is 0 Å². The maximum absolute atomic E-state index is 12.8. The third-order valence-electron chi connectivity index (χ3n) is 4.32. The molecule has 0 aromatic heterocycles. The van der Waals surface area contributed by atoms with Gasteiger partial charge in [-0.1, -0.05) is 25.1 Å². The van der Waals surface area contributed by atoms with E-state index >= 15 is 0 Å². The van der Waals surface area contributed by atoms with Crippen molar-refractivity contribution in [2.24, 2.45) is 11.8 Å². The first-order chi connectivity index (χ1) is 14.2. The van der Waals surface area contributed by atoms with Crippen LogP contribution >= 0.6 is 0 Å². The Balaban J connectivity index is 2.19. The highest BCUT2D eigenvalue weighted by molar-refractivity contribution is 6.08. The Labute approximate surface area is 173 Å². The number of benzene rings is 2. The number of rotatable bonds is 7. The largest absolute Gasteiger partial charge is 0.468 e. The average molecular weight is 411 g/mol. The van der Waals surface area contributed by atoms with Gasteiger partial charge in [-0.2, -0.15) is 0 Å². The van der Waals surface area contributed by atoms with Crippen molar-refractivity contribution >= 4 is 35.3 Å². The summed E-state index contributed by atoms with van der Waals surface area (Å²) in [5, 5.41) is 2.57. The molecule has 2 aromatic carbocycles. The second kappa shape index (κ2) is 10.1. The summed E-state index contributed by atoms with van der Waals surface area (Å²) in [4.78, 5) is 60.8. The van der Waals surface area contributed by atoms with Crippen LogP contribution in [0.4, 0.5) is 5.69 Å². The molecule has 1 unspecified atom stereocenters. The summed E-state index contributed by atoms with van der Waals surface area (Å²) in [7, 11) is 1.07. The fourth-order valence-corrected chi connectivity index (χ4v) is 2.75. The number of ether oxygens (including phenoxy) is 2. The van der Waals surface area contributed by atoms with Crippen LogP contribution in [-0.4, -0.2) is 36.7 Å². The zero-order chi connectivity index (χ0) is 22.3. The standard InChI is InChI=1S/C22H21NO7/c1-13(19(25)15-9-11-17(12-10-15)23-14(2)24)18(21(27)29-3)22(28)30-20(26)16-7-5-4-6-8-16/h4-13,18H,1-3H3,(H,23,24)/t13-,18?/m1/s1. The molecule has 2 atom stereocenters. The lowest BCUT2D eigenvalue weighted by Gasteiger charge is -2.19. The van der Waals surface area contributed by atoms with Crippen LogP contribution in [0.25, 0.3) is 0 Å². The number of carbonyl (C=O) groups excluding carboxylic acids is 5. The Morgan fingerprint density at radius 3 is 1.97 bits per heavy atom. The van der Waals surface area contributed by atoms with Crippen LogP contribution < -0.4 is 5.32 Å². The lowest BCUT2D eigenvalue weighted by molar-refractivity contribution is -0.158. The molecule has 0 spiro atoms. The van der Waals surface area contributed by atoms with Gasteiger partial charge in [-0.25, -0.2) is 4.79 Å². The maximum atomic E-state index is 12.8. The second-order valence-electron chi connectivity index (χ2n) is 6.49. The zero-order valence-corrected chi connectivity index (χ0v) is 16.7. The Morgan fingerprint density at radius 2 is 1.43 bits per heavy atom. The normalized spacial score (nSPS) is 12.2. The van der Waals surface area contributed by atoms with Crippen LogP contribution in [-0.2, 0) is 23.9 Å². The summed E-state index contributed by atoms with van der Waals surface area (Å²) in [6.45, 7) is 2.73. The molecule has 0 saturated heterocycles. The monoisotopic (exact) mass is 411 g/mol. The molecule has 2 aromatic rings. The molecule has 8 heteroatoms. The van der Waals surface area contributed by atoms with Crippen molar-refractivity contribution in [3.05, 3.63) is 65.7 Å². The third-order valence-corrected chi connectivity index (χ3v) is 4.32. The van der Waals surface area contributed by atoms with Crippen LogP contribution in [0.1, 0.15) is 34.6 Å². The second-order valence-corrected chi connectivity index (χ2v) is 6.49. The number of amides is 1.